The van der Waals surface area contributed by atoms with Crippen molar-refractivity contribution in [2.75, 3.05) is 17.2 Å². The average molecular weight is 422 g/mol. The average Bonchev–Trinajstić information content (AvgIpc) is 3.20. The highest BCUT2D eigenvalue weighted by atomic mass is 32.1. The number of carbonyl (C=O) groups excluding carboxylic acids is 1. The van der Waals surface area contributed by atoms with E-state index >= 15 is 0 Å². The number of nitrogens with one attached hydrogen (secondary N) is 2. The Morgan fingerprint density at radius 1 is 1.03 bits per heavy atom. The summed E-state index contributed by atoms with van der Waals surface area (Å²) in [5, 5.41) is 16.7. The Morgan fingerprint density at radius 2 is 1.80 bits per heavy atom. The van der Waals surface area contributed by atoms with Crippen molar-refractivity contribution in [3.8, 4) is 5.75 Å². The summed E-state index contributed by atoms with van der Waals surface area (Å²) in [6.07, 6.45) is 0. The van der Waals surface area contributed by atoms with Crippen molar-refractivity contribution in [2.45, 2.75) is 13.5 Å². The van der Waals surface area contributed by atoms with Gasteiger partial charge in [0.2, 0.25) is 10.3 Å². The van der Waals surface area contributed by atoms with Crippen LogP contribution in [0.1, 0.15) is 22.8 Å². The van der Waals surface area contributed by atoms with Crippen LogP contribution in [0.3, 0.4) is 0 Å². The Bertz CT molecular complexity index is 1180. The maximum atomic E-state index is 13.0. The number of fused-ring (bicyclic) bond motifs is 1. The number of nitrogens with zero attached hydrogens (tertiary/aromatic N) is 2. The zero-order chi connectivity index (χ0) is 20.9. The summed E-state index contributed by atoms with van der Waals surface area (Å²) in [7, 11) is 0. The van der Waals surface area contributed by atoms with Gasteiger partial charge in [0.05, 0.1) is 12.2 Å². The van der Waals surface area contributed by atoms with Gasteiger partial charge in [0.1, 0.15) is 11.6 Å². The minimum Gasteiger partial charge on any atom is -0.493 e. The number of hydrogen-bond donors (Lipinski definition) is 2. The van der Waals surface area contributed by atoms with Crippen molar-refractivity contribution in [1.29, 1.82) is 0 Å². The molecule has 0 saturated heterocycles. The fourth-order valence-electron chi connectivity index (χ4n) is 3.05. The second kappa shape index (κ2) is 8.87. The third kappa shape index (κ3) is 4.38. The highest BCUT2D eigenvalue weighted by molar-refractivity contribution is 7.19. The molecule has 3 aromatic carbocycles. The molecule has 0 atom stereocenters. The molecule has 0 aliphatic carbocycles. The lowest BCUT2D eigenvalue weighted by molar-refractivity contribution is 0.102. The molecule has 0 unspecified atom stereocenters. The Morgan fingerprint density at radius 3 is 2.60 bits per heavy atom. The molecular weight excluding hydrogens is 403 g/mol. The standard InChI is InChI=1S/C22H19FN4O2S/c1-2-29-18-12-9-15-5-3-4-6-17(15)19(18)20(28)25-22-27-26-21(30-22)24-13-14-7-10-16(23)11-8-14/h3-12H,2,13H2,1H3,(H,24,26)(H,25,27,28). The van der Waals surface area contributed by atoms with Crippen LogP contribution in [0.2, 0.25) is 0 Å². The topological polar surface area (TPSA) is 76.1 Å². The van der Waals surface area contributed by atoms with Crippen LogP contribution in [0.15, 0.2) is 60.7 Å². The van der Waals surface area contributed by atoms with Crippen LogP contribution >= 0.6 is 11.3 Å². The van der Waals surface area contributed by atoms with Crippen molar-refractivity contribution in [3.05, 3.63) is 77.6 Å². The third-order valence-corrected chi connectivity index (χ3v) is 5.22. The molecule has 30 heavy (non-hydrogen) atoms. The number of anilines is 2. The first-order valence-corrected chi connectivity index (χ1v) is 10.2. The van der Waals surface area contributed by atoms with Crippen LogP contribution < -0.4 is 15.4 Å². The molecule has 0 aliphatic heterocycles. The van der Waals surface area contributed by atoms with Gasteiger partial charge in [-0.05, 0) is 41.5 Å². The fourth-order valence-corrected chi connectivity index (χ4v) is 3.68. The highest BCUT2D eigenvalue weighted by Crippen LogP contribution is 2.30. The summed E-state index contributed by atoms with van der Waals surface area (Å²) in [5.41, 5.74) is 1.38. The first-order valence-electron chi connectivity index (χ1n) is 9.41. The van der Waals surface area contributed by atoms with Crippen molar-refractivity contribution in [3.63, 3.8) is 0 Å². The van der Waals surface area contributed by atoms with Crippen molar-refractivity contribution in [2.24, 2.45) is 0 Å². The predicted molar refractivity (Wildman–Crippen MR) is 117 cm³/mol. The lowest BCUT2D eigenvalue weighted by Gasteiger charge is -2.12. The van der Waals surface area contributed by atoms with Gasteiger partial charge in [-0.2, -0.15) is 0 Å². The van der Waals surface area contributed by atoms with E-state index in [4.69, 9.17) is 4.74 Å². The van der Waals surface area contributed by atoms with E-state index in [9.17, 15) is 9.18 Å². The molecule has 0 fully saturated rings. The molecule has 6 nitrogen and oxygen atoms in total. The van der Waals surface area contributed by atoms with Crippen LogP contribution in [0.5, 0.6) is 5.75 Å². The summed E-state index contributed by atoms with van der Waals surface area (Å²) in [4.78, 5) is 13.0. The van der Waals surface area contributed by atoms with Gasteiger partial charge in [0, 0.05) is 6.54 Å². The lowest BCUT2D eigenvalue weighted by atomic mass is 10.0. The van der Waals surface area contributed by atoms with Gasteiger partial charge in [-0.15, -0.1) is 10.2 Å². The highest BCUT2D eigenvalue weighted by Gasteiger charge is 2.18. The first kappa shape index (κ1) is 19.8. The fraction of sp³-hybridized carbons (Fsp3) is 0.136. The van der Waals surface area contributed by atoms with Crippen LogP contribution in [-0.2, 0) is 6.54 Å². The molecule has 0 saturated carbocycles. The second-order valence-electron chi connectivity index (χ2n) is 6.44. The van der Waals surface area contributed by atoms with Crippen molar-refractivity contribution < 1.29 is 13.9 Å². The number of hydrogen-bond acceptors (Lipinski definition) is 6. The number of rotatable bonds is 7. The van der Waals surface area contributed by atoms with Crippen molar-refractivity contribution in [1.82, 2.24) is 10.2 Å². The van der Waals surface area contributed by atoms with Gasteiger partial charge in [-0.25, -0.2) is 4.39 Å². The Hall–Kier alpha value is -3.52. The van der Waals surface area contributed by atoms with E-state index in [0.717, 1.165) is 16.3 Å². The van der Waals surface area contributed by atoms with E-state index in [1.807, 2.05) is 37.3 Å². The van der Waals surface area contributed by atoms with Gasteiger partial charge in [-0.1, -0.05) is 53.8 Å². The van der Waals surface area contributed by atoms with E-state index in [1.54, 1.807) is 18.2 Å². The van der Waals surface area contributed by atoms with Gasteiger partial charge < -0.3 is 10.1 Å². The van der Waals surface area contributed by atoms with Crippen molar-refractivity contribution >= 4 is 38.3 Å². The van der Waals surface area contributed by atoms with E-state index in [-0.39, 0.29) is 11.7 Å². The molecule has 152 valence electrons. The van der Waals surface area contributed by atoms with E-state index in [1.165, 1.54) is 23.5 Å². The van der Waals surface area contributed by atoms with E-state index < -0.39 is 0 Å². The lowest BCUT2D eigenvalue weighted by Crippen LogP contribution is -2.14. The summed E-state index contributed by atoms with van der Waals surface area (Å²) in [6, 6.07) is 17.6. The van der Waals surface area contributed by atoms with Gasteiger partial charge in [0.15, 0.2) is 0 Å². The number of carbonyl (C=O) groups is 1. The predicted octanol–water partition coefficient (Wildman–Crippen LogP) is 5.09. The first-order chi connectivity index (χ1) is 14.6. The summed E-state index contributed by atoms with van der Waals surface area (Å²) in [5.74, 6) is -0.0659. The molecule has 1 amide bonds. The molecule has 0 bridgehead atoms. The maximum Gasteiger partial charge on any atom is 0.261 e. The Kier molecular flexibility index (Phi) is 5.85. The van der Waals surface area contributed by atoms with Crippen LogP contribution in [0, 0.1) is 5.82 Å². The van der Waals surface area contributed by atoms with Gasteiger partial charge in [-0.3, -0.25) is 10.1 Å². The molecular formula is C22H19FN4O2S. The quantitative estimate of drug-likeness (QED) is 0.434. The molecule has 2 N–H and O–H groups in total. The molecule has 4 rings (SSSR count). The summed E-state index contributed by atoms with van der Waals surface area (Å²) < 4.78 is 18.7. The monoisotopic (exact) mass is 422 g/mol. The van der Waals surface area contributed by atoms with E-state index in [0.29, 0.717) is 34.7 Å². The minimum atomic E-state index is -0.309. The zero-order valence-electron chi connectivity index (χ0n) is 16.2. The maximum absolute atomic E-state index is 13.0. The minimum absolute atomic E-state index is 0.278. The van der Waals surface area contributed by atoms with Crippen LogP contribution in [-0.4, -0.2) is 22.7 Å². The van der Waals surface area contributed by atoms with E-state index in [2.05, 4.69) is 20.8 Å². The zero-order valence-corrected chi connectivity index (χ0v) is 17.0. The molecule has 8 heteroatoms. The number of ether oxygens (including phenoxy) is 1. The summed E-state index contributed by atoms with van der Waals surface area (Å²) in [6.45, 7) is 2.80. The molecule has 0 radical (unpaired) electrons. The van der Waals surface area contributed by atoms with Gasteiger partial charge in [0.25, 0.3) is 5.91 Å². The molecule has 4 aromatic rings. The van der Waals surface area contributed by atoms with Gasteiger partial charge >= 0.3 is 0 Å². The number of benzene rings is 3. The SMILES string of the molecule is CCOc1ccc2ccccc2c1C(=O)Nc1nnc(NCc2ccc(F)cc2)s1. The van der Waals surface area contributed by atoms with Crippen LogP contribution in [0.25, 0.3) is 10.8 Å². The normalized spacial score (nSPS) is 10.7. The second-order valence-corrected chi connectivity index (χ2v) is 7.42. The molecule has 1 aromatic heterocycles. The Balaban J connectivity index is 1.50. The Labute approximate surface area is 176 Å². The molecule has 1 heterocycles. The number of amides is 1. The molecule has 0 spiro atoms. The number of aromatic nitrogens is 2. The smallest absolute Gasteiger partial charge is 0.261 e. The third-order valence-electron chi connectivity index (χ3n) is 4.42. The largest absolute Gasteiger partial charge is 0.493 e. The summed E-state index contributed by atoms with van der Waals surface area (Å²) >= 11 is 1.22. The van der Waals surface area contributed by atoms with Crippen LogP contribution in [0.4, 0.5) is 14.7 Å². The molecule has 0 aliphatic rings. The number of halogens is 1.